The van der Waals surface area contributed by atoms with Crippen molar-refractivity contribution in [3.63, 3.8) is 0 Å². The van der Waals surface area contributed by atoms with Crippen LogP contribution in [0.15, 0.2) is 29.1 Å². The fourth-order valence-electron chi connectivity index (χ4n) is 4.01. The quantitative estimate of drug-likeness (QED) is 0.902. The molecule has 1 fully saturated rings. The fraction of sp³-hybridized carbons (Fsp3) is 0.500. The number of fused-ring (bicyclic) bond motifs is 1. The van der Waals surface area contributed by atoms with Crippen LogP contribution in [0.1, 0.15) is 49.1 Å². The lowest BCUT2D eigenvalue weighted by atomic mass is 9.90. The van der Waals surface area contributed by atoms with E-state index < -0.39 is 0 Å². The molecule has 5 nitrogen and oxygen atoms in total. The third-order valence-electron chi connectivity index (χ3n) is 5.36. The Morgan fingerprint density at radius 2 is 2.00 bits per heavy atom. The predicted molar refractivity (Wildman–Crippen MR) is 100 cm³/mol. The van der Waals surface area contributed by atoms with E-state index >= 15 is 0 Å². The largest absolute Gasteiger partial charge is 0.357 e. The molecule has 2 heterocycles. The van der Waals surface area contributed by atoms with Crippen LogP contribution < -0.4 is 15.8 Å². The van der Waals surface area contributed by atoms with Gasteiger partial charge in [0.15, 0.2) is 0 Å². The van der Waals surface area contributed by atoms with E-state index in [9.17, 15) is 4.79 Å². The van der Waals surface area contributed by atoms with Crippen LogP contribution in [0.2, 0.25) is 0 Å². The van der Waals surface area contributed by atoms with Gasteiger partial charge in [0.2, 0.25) is 0 Å². The predicted octanol–water partition coefficient (Wildman–Crippen LogP) is 2.39. The average molecular weight is 338 g/mol. The van der Waals surface area contributed by atoms with Crippen LogP contribution in [0.25, 0.3) is 0 Å². The summed E-state index contributed by atoms with van der Waals surface area (Å²) in [5.41, 5.74) is 5.81. The number of benzene rings is 1. The van der Waals surface area contributed by atoms with Crippen LogP contribution in [0.3, 0.4) is 0 Å². The second-order valence-electron chi connectivity index (χ2n) is 7.93. The molecule has 132 valence electrons. The van der Waals surface area contributed by atoms with Gasteiger partial charge in [0.1, 0.15) is 0 Å². The molecule has 0 spiro atoms. The highest BCUT2D eigenvalue weighted by Crippen LogP contribution is 2.25. The number of aromatic nitrogens is 2. The van der Waals surface area contributed by atoms with Gasteiger partial charge in [0.25, 0.3) is 5.56 Å². The summed E-state index contributed by atoms with van der Waals surface area (Å²) in [7, 11) is 0. The molecule has 1 aromatic heterocycles. The minimum absolute atomic E-state index is 0.00225. The maximum Gasteiger partial charge on any atom is 0.267 e. The Bertz CT molecular complexity index is 840. The van der Waals surface area contributed by atoms with Gasteiger partial charge in [0, 0.05) is 29.8 Å². The highest BCUT2D eigenvalue weighted by Gasteiger charge is 2.28. The van der Waals surface area contributed by atoms with Gasteiger partial charge in [-0.3, -0.25) is 10.1 Å². The minimum atomic E-state index is -0.00225. The van der Waals surface area contributed by atoms with Crippen molar-refractivity contribution in [2.45, 2.75) is 51.5 Å². The monoisotopic (exact) mass is 338 g/mol. The number of nitrogens with one attached hydrogen (secondary N) is 2. The third kappa shape index (κ3) is 3.33. The summed E-state index contributed by atoms with van der Waals surface area (Å²) in [6.07, 6.45) is 4.89. The minimum Gasteiger partial charge on any atom is -0.357 e. The Labute approximate surface area is 148 Å². The van der Waals surface area contributed by atoms with E-state index in [2.05, 4.69) is 58.5 Å². The van der Waals surface area contributed by atoms with E-state index in [0.29, 0.717) is 0 Å². The van der Waals surface area contributed by atoms with Crippen LogP contribution >= 0.6 is 0 Å². The van der Waals surface area contributed by atoms with Gasteiger partial charge < -0.3 is 4.90 Å². The molecule has 2 aromatic rings. The van der Waals surface area contributed by atoms with Gasteiger partial charge in [-0.05, 0) is 62.8 Å². The van der Waals surface area contributed by atoms with Gasteiger partial charge in [-0.2, -0.15) is 5.10 Å². The van der Waals surface area contributed by atoms with Gasteiger partial charge in [-0.1, -0.05) is 12.1 Å². The van der Waals surface area contributed by atoms with E-state index in [-0.39, 0.29) is 11.1 Å². The van der Waals surface area contributed by atoms with E-state index in [0.717, 1.165) is 56.6 Å². The van der Waals surface area contributed by atoms with Crippen molar-refractivity contribution in [1.82, 2.24) is 15.5 Å². The molecule has 2 aliphatic rings. The molecule has 1 aliphatic carbocycles. The van der Waals surface area contributed by atoms with E-state index in [1.807, 2.05) is 0 Å². The molecule has 0 atom stereocenters. The van der Waals surface area contributed by atoms with Crippen molar-refractivity contribution in [1.29, 1.82) is 0 Å². The normalized spacial score (nSPS) is 19.0. The first-order chi connectivity index (χ1) is 12.0. The Morgan fingerprint density at radius 3 is 2.76 bits per heavy atom. The summed E-state index contributed by atoms with van der Waals surface area (Å²) in [4.78, 5) is 14.4. The maximum atomic E-state index is 12.0. The van der Waals surface area contributed by atoms with Crippen molar-refractivity contribution >= 4 is 5.69 Å². The van der Waals surface area contributed by atoms with E-state index in [4.69, 9.17) is 0 Å². The summed E-state index contributed by atoms with van der Waals surface area (Å²) in [6.45, 7) is 6.34. The molecule has 0 radical (unpaired) electrons. The molecule has 0 amide bonds. The summed E-state index contributed by atoms with van der Waals surface area (Å²) in [5, 5.41) is 10.6. The zero-order chi connectivity index (χ0) is 17.4. The summed E-state index contributed by atoms with van der Waals surface area (Å²) in [6, 6.07) is 8.70. The smallest absolute Gasteiger partial charge is 0.267 e. The zero-order valence-corrected chi connectivity index (χ0v) is 15.1. The lowest BCUT2D eigenvalue weighted by Crippen LogP contribution is -2.34. The lowest BCUT2D eigenvalue weighted by Gasteiger charge is -2.21. The standard InChI is InChI=1S/C20H26N4O/c1-20(2)12-24(13-21-20)15-7-5-6-14(10-15)11-18-16-8-3-4-9-17(16)19(25)23-22-18/h5-7,10,21H,3-4,8-9,11-13H2,1-2H3,(H,23,25). The first-order valence-electron chi connectivity index (χ1n) is 9.20. The number of hydrogen-bond donors (Lipinski definition) is 2. The van der Waals surface area contributed by atoms with Crippen LogP contribution in [0, 0.1) is 0 Å². The SMILES string of the molecule is CC1(C)CN(c2cccc(Cc3n[nH]c(=O)c4c3CCCC4)c2)CN1. The van der Waals surface area contributed by atoms with Crippen LogP contribution in [0.4, 0.5) is 5.69 Å². The molecule has 1 saturated heterocycles. The molecule has 0 bridgehead atoms. The second-order valence-corrected chi connectivity index (χ2v) is 7.93. The Balaban J connectivity index is 1.60. The molecule has 4 rings (SSSR count). The number of hydrogen-bond acceptors (Lipinski definition) is 4. The summed E-state index contributed by atoms with van der Waals surface area (Å²) < 4.78 is 0. The van der Waals surface area contributed by atoms with Crippen molar-refractivity contribution in [2.75, 3.05) is 18.1 Å². The van der Waals surface area contributed by atoms with Crippen molar-refractivity contribution < 1.29 is 0 Å². The van der Waals surface area contributed by atoms with E-state index in [1.54, 1.807) is 0 Å². The molecule has 25 heavy (non-hydrogen) atoms. The van der Waals surface area contributed by atoms with Gasteiger partial charge in [-0.25, -0.2) is 5.10 Å². The molecule has 2 N–H and O–H groups in total. The number of nitrogens with zero attached hydrogens (tertiary/aromatic N) is 2. The van der Waals surface area contributed by atoms with Gasteiger partial charge >= 0.3 is 0 Å². The van der Waals surface area contributed by atoms with Crippen molar-refractivity contribution in [3.05, 3.63) is 57.0 Å². The maximum absolute atomic E-state index is 12.0. The second kappa shape index (κ2) is 6.30. The Hall–Kier alpha value is -2.14. The highest BCUT2D eigenvalue weighted by atomic mass is 16.1. The Morgan fingerprint density at radius 1 is 1.20 bits per heavy atom. The number of anilines is 1. The van der Waals surface area contributed by atoms with Gasteiger partial charge in [0.05, 0.1) is 12.4 Å². The number of rotatable bonds is 3. The fourth-order valence-corrected chi connectivity index (χ4v) is 4.01. The first kappa shape index (κ1) is 16.3. The van der Waals surface area contributed by atoms with E-state index in [1.165, 1.54) is 16.8 Å². The molecule has 1 aliphatic heterocycles. The zero-order valence-electron chi connectivity index (χ0n) is 15.1. The van der Waals surface area contributed by atoms with Gasteiger partial charge in [-0.15, -0.1) is 0 Å². The van der Waals surface area contributed by atoms with Crippen LogP contribution in [-0.4, -0.2) is 28.9 Å². The van der Waals surface area contributed by atoms with Crippen LogP contribution in [-0.2, 0) is 19.3 Å². The number of aromatic amines is 1. The topological polar surface area (TPSA) is 61.0 Å². The highest BCUT2D eigenvalue weighted by molar-refractivity contribution is 5.51. The van der Waals surface area contributed by atoms with Crippen LogP contribution in [0.5, 0.6) is 0 Å². The Kier molecular flexibility index (Phi) is 4.12. The third-order valence-corrected chi connectivity index (χ3v) is 5.36. The molecule has 1 aromatic carbocycles. The molecule has 5 heteroatoms. The van der Waals surface area contributed by atoms with Crippen molar-refractivity contribution in [3.8, 4) is 0 Å². The number of H-pyrrole nitrogens is 1. The molecule has 0 saturated carbocycles. The summed E-state index contributed by atoms with van der Waals surface area (Å²) >= 11 is 0. The van der Waals surface area contributed by atoms with Crippen molar-refractivity contribution in [2.24, 2.45) is 0 Å². The average Bonchev–Trinajstić information content (AvgIpc) is 2.98. The lowest BCUT2D eigenvalue weighted by molar-refractivity contribution is 0.488. The molecule has 0 unspecified atom stereocenters. The molecular weight excluding hydrogens is 312 g/mol. The summed E-state index contributed by atoms with van der Waals surface area (Å²) in [5.74, 6) is 0. The first-order valence-corrected chi connectivity index (χ1v) is 9.20. The molecular formula is C20H26N4O.